The van der Waals surface area contributed by atoms with E-state index in [0.717, 1.165) is 63.3 Å². The Morgan fingerprint density at radius 1 is 1.09 bits per heavy atom. The van der Waals surface area contributed by atoms with Gasteiger partial charge in [0, 0.05) is 37.9 Å². The third kappa shape index (κ3) is 5.25. The lowest BCUT2D eigenvalue weighted by atomic mass is 9.52. The molecule has 0 radical (unpaired) electrons. The van der Waals surface area contributed by atoms with Crippen molar-refractivity contribution in [2.75, 3.05) is 19.6 Å². The zero-order valence-electron chi connectivity index (χ0n) is 27.1. The van der Waals surface area contributed by atoms with Crippen LogP contribution in [0, 0.1) is 40.9 Å². The molecule has 43 heavy (non-hydrogen) atoms. The van der Waals surface area contributed by atoms with Crippen LogP contribution in [0.15, 0.2) is 41.5 Å². The van der Waals surface area contributed by atoms with E-state index in [1.807, 2.05) is 6.07 Å². The highest BCUT2D eigenvalue weighted by atomic mass is 16.5. The van der Waals surface area contributed by atoms with Crippen molar-refractivity contribution in [2.24, 2.45) is 40.9 Å². The van der Waals surface area contributed by atoms with Crippen LogP contribution in [-0.2, 0) is 20.7 Å². The van der Waals surface area contributed by atoms with Crippen molar-refractivity contribution in [1.29, 1.82) is 0 Å². The van der Waals surface area contributed by atoms with E-state index in [9.17, 15) is 9.59 Å². The Morgan fingerprint density at radius 2 is 1.91 bits per heavy atom. The Morgan fingerprint density at radius 3 is 2.72 bits per heavy atom. The number of fused-ring (bicyclic) bond motifs is 6. The van der Waals surface area contributed by atoms with Gasteiger partial charge in [0.1, 0.15) is 5.78 Å². The Hall–Kier alpha value is -1.98. The molecule has 3 saturated carbocycles. The molecule has 2 saturated heterocycles. The van der Waals surface area contributed by atoms with Gasteiger partial charge in [0.05, 0.1) is 18.2 Å². The lowest BCUT2D eigenvalue weighted by molar-refractivity contribution is -0.130. The molecule has 1 aromatic carbocycles. The van der Waals surface area contributed by atoms with Gasteiger partial charge in [-0.05, 0) is 105 Å². The minimum atomic E-state index is -0.114. The van der Waals surface area contributed by atoms with Crippen molar-refractivity contribution in [2.45, 2.75) is 116 Å². The smallest absolute Gasteiger partial charge is 0.234 e. The fraction of sp³-hybridized carbons (Fsp3) is 0.737. The van der Waals surface area contributed by atoms with Gasteiger partial charge in [-0.2, -0.15) is 0 Å². The number of amides is 1. The highest BCUT2D eigenvalue weighted by molar-refractivity contribution is 5.79. The second kappa shape index (κ2) is 11.4. The molecule has 0 unspecified atom stereocenters. The molecule has 5 fully saturated rings. The number of nitrogens with zero attached hydrogens (tertiary/aromatic N) is 1. The van der Waals surface area contributed by atoms with Crippen molar-refractivity contribution in [3.05, 3.63) is 47.0 Å². The van der Waals surface area contributed by atoms with E-state index in [-0.39, 0.29) is 17.6 Å². The van der Waals surface area contributed by atoms with E-state index in [1.165, 1.54) is 31.2 Å². The summed E-state index contributed by atoms with van der Waals surface area (Å²) in [6.07, 6.45) is 12.2. The van der Waals surface area contributed by atoms with Crippen LogP contribution in [0.5, 0.6) is 0 Å². The molecule has 0 bridgehead atoms. The average molecular weight is 587 g/mol. The van der Waals surface area contributed by atoms with Gasteiger partial charge in [0.25, 0.3) is 0 Å². The highest BCUT2D eigenvalue weighted by Crippen LogP contribution is 2.65. The number of ketones is 1. The summed E-state index contributed by atoms with van der Waals surface area (Å²) in [5, 5.41) is 3.21. The summed E-state index contributed by atoms with van der Waals surface area (Å²) in [4.78, 5) is 28.0. The summed E-state index contributed by atoms with van der Waals surface area (Å²) in [5.41, 5.74) is 4.86. The molecule has 10 atom stereocenters. The Balaban J connectivity index is 1.05. The molecule has 5 heteroatoms. The summed E-state index contributed by atoms with van der Waals surface area (Å²) in [7, 11) is 0. The molecule has 1 aromatic rings. The van der Waals surface area contributed by atoms with Gasteiger partial charge >= 0.3 is 0 Å². The first-order chi connectivity index (χ1) is 20.7. The van der Waals surface area contributed by atoms with Gasteiger partial charge in [0.2, 0.25) is 5.91 Å². The van der Waals surface area contributed by atoms with E-state index < -0.39 is 0 Å². The number of benzene rings is 1. The minimum absolute atomic E-state index is 0.114. The van der Waals surface area contributed by atoms with Crippen molar-refractivity contribution < 1.29 is 14.3 Å². The van der Waals surface area contributed by atoms with Gasteiger partial charge in [-0.25, -0.2) is 0 Å². The molecular weight excluding hydrogens is 532 g/mol. The first-order valence-electron chi connectivity index (χ1n) is 17.6. The summed E-state index contributed by atoms with van der Waals surface area (Å²) in [6.45, 7) is 11.9. The van der Waals surface area contributed by atoms with Gasteiger partial charge in [-0.15, -0.1) is 0 Å². The van der Waals surface area contributed by atoms with Gasteiger partial charge in [-0.1, -0.05) is 62.2 Å². The molecular formula is C38H54N2O3. The molecule has 2 heterocycles. The number of ether oxygens (including phenoxy) is 1. The molecule has 1 amide bonds. The number of rotatable bonds is 5. The van der Waals surface area contributed by atoms with Crippen molar-refractivity contribution in [3.63, 3.8) is 0 Å². The number of nitrogens with one attached hydrogen (secondary N) is 1. The van der Waals surface area contributed by atoms with E-state index in [1.54, 1.807) is 11.1 Å². The second-order valence-corrected chi connectivity index (χ2v) is 16.0. The van der Waals surface area contributed by atoms with Crippen LogP contribution in [0.4, 0.5) is 0 Å². The maximum absolute atomic E-state index is 13.2. The van der Waals surface area contributed by atoms with Gasteiger partial charge in [-0.3, -0.25) is 14.5 Å². The van der Waals surface area contributed by atoms with Crippen LogP contribution >= 0.6 is 0 Å². The highest BCUT2D eigenvalue weighted by Gasteiger charge is 2.60. The third-order valence-corrected chi connectivity index (χ3v) is 13.6. The first kappa shape index (κ1) is 29.7. The lowest BCUT2D eigenvalue weighted by Gasteiger charge is -2.52. The van der Waals surface area contributed by atoms with Crippen LogP contribution in [0.3, 0.4) is 0 Å². The van der Waals surface area contributed by atoms with Crippen LogP contribution in [-0.4, -0.2) is 54.0 Å². The minimum Gasteiger partial charge on any atom is -0.369 e. The molecule has 2 aliphatic heterocycles. The zero-order valence-corrected chi connectivity index (χ0v) is 27.1. The lowest BCUT2D eigenvalue weighted by Crippen LogP contribution is -2.54. The molecule has 1 spiro atoms. The van der Waals surface area contributed by atoms with Crippen LogP contribution in [0.1, 0.15) is 97.5 Å². The van der Waals surface area contributed by atoms with E-state index in [2.05, 4.69) is 62.2 Å². The number of carbonyl (C=O) groups excluding carboxylic acids is 2. The Bertz CT molecular complexity index is 1260. The second-order valence-electron chi connectivity index (χ2n) is 16.0. The van der Waals surface area contributed by atoms with Crippen molar-refractivity contribution >= 4 is 11.7 Å². The summed E-state index contributed by atoms with van der Waals surface area (Å²) in [5.74, 6) is 4.43. The van der Waals surface area contributed by atoms with Crippen molar-refractivity contribution in [3.8, 4) is 0 Å². The summed E-state index contributed by atoms with van der Waals surface area (Å²) >= 11 is 0. The predicted molar refractivity (Wildman–Crippen MR) is 170 cm³/mol. The molecule has 1 N–H and O–H groups in total. The summed E-state index contributed by atoms with van der Waals surface area (Å²) < 4.78 is 7.25. The average Bonchev–Trinajstić information content (AvgIpc) is 3.44. The molecule has 234 valence electrons. The number of hydrogen-bond donors (Lipinski definition) is 1. The maximum Gasteiger partial charge on any atom is 0.234 e. The molecule has 0 aromatic heterocycles. The first-order valence-corrected chi connectivity index (χ1v) is 17.6. The van der Waals surface area contributed by atoms with Crippen molar-refractivity contribution in [1.82, 2.24) is 10.2 Å². The fourth-order valence-electron chi connectivity index (χ4n) is 11.4. The zero-order chi connectivity index (χ0) is 29.9. The number of allylic oxidation sites excluding steroid dienone is 1. The molecule has 6 aliphatic rings. The normalized spacial score (nSPS) is 42.7. The Kier molecular flexibility index (Phi) is 7.90. The molecule has 5 nitrogen and oxygen atoms in total. The summed E-state index contributed by atoms with van der Waals surface area (Å²) in [6, 6.07) is 10.7. The number of Topliss-reactive ketones (excluding diaryl/α,β-unsaturated/α-hetero) is 1. The predicted octanol–water partition coefficient (Wildman–Crippen LogP) is 6.75. The topological polar surface area (TPSA) is 58.6 Å². The van der Waals surface area contributed by atoms with Crippen LogP contribution < -0.4 is 5.32 Å². The fourth-order valence-corrected chi connectivity index (χ4v) is 11.4. The molecule has 7 rings (SSSR count). The van der Waals surface area contributed by atoms with Crippen LogP contribution in [0.2, 0.25) is 0 Å². The number of piperidine rings is 1. The quantitative estimate of drug-likeness (QED) is 0.388. The van der Waals surface area contributed by atoms with E-state index >= 15 is 0 Å². The van der Waals surface area contributed by atoms with E-state index in [4.69, 9.17) is 4.74 Å². The SMILES string of the molecule is CC1=C2C[C@H]3[C@@H](CC[C@@H]4CC(=O)CC[C@@]43C)[C@@H]2CC[C@@]2(C1)O[C@@H]1C[C@H](C)CN(CC(=O)NCCc3ccccc3)[C@H]1[C@H]2C. The maximum atomic E-state index is 13.2. The number of hydrogen-bond acceptors (Lipinski definition) is 4. The largest absolute Gasteiger partial charge is 0.369 e. The molecule has 4 aliphatic carbocycles. The third-order valence-electron chi connectivity index (χ3n) is 13.6. The van der Waals surface area contributed by atoms with Crippen LogP contribution in [0.25, 0.3) is 0 Å². The van der Waals surface area contributed by atoms with Gasteiger partial charge in [0.15, 0.2) is 0 Å². The van der Waals surface area contributed by atoms with E-state index in [0.29, 0.717) is 54.0 Å². The number of likely N-dealkylation sites (tertiary alicyclic amines) is 1. The number of carbonyl (C=O) groups is 2. The monoisotopic (exact) mass is 586 g/mol. The standard InChI is InChI=1S/C38H54N2O3/c1-24-18-34-36(40(22-24)23-35(42)39-17-14-27-8-6-5-7-9-27)26(3)38(43-34)16-13-30-31-11-10-28-19-29(41)12-15-37(28,4)33(31)20-32(30)25(2)21-38/h5-9,24,26,28,30-31,33-34,36H,10-23H2,1-4H3,(H,39,42)/t24-,26+,28+,30-,31-,33-,34+,36-,37-,38-/m0/s1. The van der Waals surface area contributed by atoms with Gasteiger partial charge < -0.3 is 10.1 Å². The Labute approximate surface area is 259 Å².